The Labute approximate surface area is 306 Å². The third-order valence-corrected chi connectivity index (χ3v) is 11.7. The van der Waals surface area contributed by atoms with Crippen molar-refractivity contribution >= 4 is 49.9 Å². The van der Waals surface area contributed by atoms with E-state index in [4.69, 9.17) is 4.98 Å². The van der Waals surface area contributed by atoms with Crippen LogP contribution < -0.4 is 10.4 Å². The Balaban J connectivity index is 1.13. The summed E-state index contributed by atoms with van der Waals surface area (Å²) in [7, 11) is 0. The molecule has 0 saturated carbocycles. The molecule has 10 rings (SSSR count). The molecule has 0 saturated heterocycles. The number of hydrogen-bond acceptors (Lipinski definition) is 1. The molecule has 4 aliphatic carbocycles. The maximum Gasteiger partial charge on any atom is 0.0708 e. The molecule has 4 aliphatic rings. The van der Waals surface area contributed by atoms with Crippen molar-refractivity contribution in [3.05, 3.63) is 190 Å². The lowest BCUT2D eigenvalue weighted by atomic mass is 9.79. The van der Waals surface area contributed by atoms with Crippen LogP contribution in [0, 0.1) is 0 Å². The molecule has 0 atom stereocenters. The molecule has 0 aliphatic heterocycles. The zero-order valence-corrected chi connectivity index (χ0v) is 29.5. The zero-order chi connectivity index (χ0) is 34.4. The number of rotatable bonds is 5. The van der Waals surface area contributed by atoms with E-state index in [0.29, 0.717) is 0 Å². The van der Waals surface area contributed by atoms with E-state index in [1.54, 1.807) is 0 Å². The highest BCUT2D eigenvalue weighted by Gasteiger charge is 2.23. The van der Waals surface area contributed by atoms with Crippen molar-refractivity contribution in [2.45, 2.75) is 51.4 Å². The standard InChI is InChI=1S/C51H41N/c1-2-14-35(15-3-1)41-27-28-48(43-20-7-6-19-42(41)43)51-46-23-10-8-21-44(46)50(45-22-9-11-24-47(45)51)40-18-12-17-37(32-40)38-29-30-52-49(33-38)39-26-25-34-13-4-5-16-36(34)31-39/h1-2,4,6-11,13-14,17,19-26,29-33H,3,5,12,15-16,18,27-28H2. The minimum atomic E-state index is 1.02. The maximum absolute atomic E-state index is 4.84. The Morgan fingerprint density at radius 2 is 1.21 bits per heavy atom. The Hall–Kier alpha value is -5.79. The molecule has 1 nitrogen and oxygen atoms in total. The molecule has 5 aromatic carbocycles. The summed E-state index contributed by atoms with van der Waals surface area (Å²) < 4.78 is 0. The van der Waals surface area contributed by atoms with Gasteiger partial charge in [0.15, 0.2) is 0 Å². The van der Waals surface area contributed by atoms with E-state index in [0.717, 1.165) is 57.1 Å². The van der Waals surface area contributed by atoms with Gasteiger partial charge in [-0.1, -0.05) is 127 Å². The largest absolute Gasteiger partial charge is 0.256 e. The second-order valence-corrected chi connectivity index (χ2v) is 14.7. The number of allylic oxidation sites excluding steroid dienone is 9. The van der Waals surface area contributed by atoms with Crippen molar-refractivity contribution in [1.82, 2.24) is 4.98 Å². The predicted molar refractivity (Wildman–Crippen MR) is 221 cm³/mol. The minimum absolute atomic E-state index is 1.02. The van der Waals surface area contributed by atoms with E-state index in [2.05, 4.69) is 146 Å². The molecule has 0 bridgehead atoms. The van der Waals surface area contributed by atoms with E-state index in [1.807, 2.05) is 6.20 Å². The number of benzene rings is 5. The molecule has 0 amide bonds. The molecule has 250 valence electrons. The smallest absolute Gasteiger partial charge is 0.0708 e. The maximum atomic E-state index is 4.84. The van der Waals surface area contributed by atoms with Crippen LogP contribution in [0.4, 0.5) is 0 Å². The van der Waals surface area contributed by atoms with E-state index in [1.165, 1.54) is 93.2 Å². The van der Waals surface area contributed by atoms with Crippen molar-refractivity contribution < 1.29 is 0 Å². The van der Waals surface area contributed by atoms with Crippen molar-refractivity contribution in [2.24, 2.45) is 0 Å². The molecule has 1 heterocycles. The van der Waals surface area contributed by atoms with Gasteiger partial charge in [0, 0.05) is 11.8 Å². The summed E-state index contributed by atoms with van der Waals surface area (Å²) in [5, 5.41) is 8.22. The highest BCUT2D eigenvalue weighted by Crippen LogP contribution is 2.44. The van der Waals surface area contributed by atoms with Crippen LogP contribution in [0.2, 0.25) is 0 Å². The number of aromatic nitrogens is 1. The summed E-state index contributed by atoms with van der Waals surface area (Å²) in [5.74, 6) is 0. The second-order valence-electron chi connectivity index (χ2n) is 14.7. The van der Waals surface area contributed by atoms with E-state index >= 15 is 0 Å². The summed E-state index contributed by atoms with van der Waals surface area (Å²) in [6.45, 7) is 0. The summed E-state index contributed by atoms with van der Waals surface area (Å²) >= 11 is 0. The molecule has 0 fully saturated rings. The monoisotopic (exact) mass is 667 g/mol. The second kappa shape index (κ2) is 13.1. The molecule has 0 radical (unpaired) electrons. The van der Waals surface area contributed by atoms with Gasteiger partial charge in [-0.2, -0.15) is 0 Å². The van der Waals surface area contributed by atoms with Gasteiger partial charge in [-0.25, -0.2) is 0 Å². The number of nitrogens with zero attached hydrogens (tertiary/aromatic N) is 1. The van der Waals surface area contributed by atoms with E-state index in [-0.39, 0.29) is 0 Å². The zero-order valence-electron chi connectivity index (χ0n) is 29.5. The van der Waals surface area contributed by atoms with Gasteiger partial charge in [-0.05, 0) is 157 Å². The SMILES string of the molecule is C1=CCCC(C2=c3ccccc3=C(c3c4ccccc4c(C4=CC(c5ccnc(-c6ccc7c(c6)CCC=C7)c5)=CCC4)c4ccccc34)CC2)=C1. The van der Waals surface area contributed by atoms with Crippen LogP contribution in [0.1, 0.15) is 72.8 Å². The Morgan fingerprint density at radius 3 is 1.98 bits per heavy atom. The normalized spacial score (nSPS) is 16.7. The van der Waals surface area contributed by atoms with Crippen LogP contribution in [0.3, 0.4) is 0 Å². The van der Waals surface area contributed by atoms with Gasteiger partial charge in [0.25, 0.3) is 0 Å². The first kappa shape index (κ1) is 31.0. The predicted octanol–water partition coefficient (Wildman–Crippen LogP) is 11.7. The lowest BCUT2D eigenvalue weighted by Crippen LogP contribution is -2.33. The number of hydrogen-bond donors (Lipinski definition) is 0. The minimum Gasteiger partial charge on any atom is -0.256 e. The first-order valence-electron chi connectivity index (χ1n) is 19.1. The lowest BCUT2D eigenvalue weighted by Gasteiger charge is -2.25. The molecule has 52 heavy (non-hydrogen) atoms. The van der Waals surface area contributed by atoms with Crippen LogP contribution in [0.25, 0.3) is 61.2 Å². The quantitative estimate of drug-likeness (QED) is 0.167. The van der Waals surface area contributed by atoms with Gasteiger partial charge in [-0.15, -0.1) is 0 Å². The third-order valence-electron chi connectivity index (χ3n) is 11.7. The van der Waals surface area contributed by atoms with Crippen LogP contribution in [-0.2, 0) is 6.42 Å². The number of fused-ring (bicyclic) bond motifs is 4. The number of pyridine rings is 1. The van der Waals surface area contributed by atoms with E-state index in [9.17, 15) is 0 Å². The molecular weight excluding hydrogens is 627 g/mol. The Kier molecular flexibility index (Phi) is 7.79. The summed E-state index contributed by atoms with van der Waals surface area (Å²) in [6, 6.07) is 38.8. The van der Waals surface area contributed by atoms with Gasteiger partial charge in [0.2, 0.25) is 0 Å². The van der Waals surface area contributed by atoms with Crippen molar-refractivity contribution in [3.63, 3.8) is 0 Å². The fraction of sp³-hybridized carbons (Fsp3) is 0.157. The van der Waals surface area contributed by atoms with E-state index < -0.39 is 0 Å². The first-order valence-corrected chi connectivity index (χ1v) is 19.1. The topological polar surface area (TPSA) is 12.9 Å². The highest BCUT2D eigenvalue weighted by atomic mass is 14.7. The Morgan fingerprint density at radius 1 is 0.519 bits per heavy atom. The Bertz CT molecular complexity index is 2670. The first-order chi connectivity index (χ1) is 25.8. The fourth-order valence-electron chi connectivity index (χ4n) is 9.24. The molecule has 1 aromatic heterocycles. The highest BCUT2D eigenvalue weighted by molar-refractivity contribution is 6.16. The average molecular weight is 668 g/mol. The fourth-order valence-corrected chi connectivity index (χ4v) is 9.24. The average Bonchev–Trinajstić information content (AvgIpc) is 3.22. The van der Waals surface area contributed by atoms with Crippen molar-refractivity contribution in [1.29, 1.82) is 0 Å². The van der Waals surface area contributed by atoms with Crippen molar-refractivity contribution in [3.8, 4) is 11.3 Å². The molecule has 0 spiro atoms. The van der Waals surface area contributed by atoms with Gasteiger partial charge in [-0.3, -0.25) is 4.98 Å². The van der Waals surface area contributed by atoms with Gasteiger partial charge in [0.1, 0.15) is 0 Å². The summed E-state index contributed by atoms with van der Waals surface area (Å²) in [4.78, 5) is 4.84. The number of aryl methyl sites for hydroxylation is 1. The van der Waals surface area contributed by atoms with Crippen LogP contribution in [-0.4, -0.2) is 4.98 Å². The third kappa shape index (κ3) is 5.35. The van der Waals surface area contributed by atoms with Gasteiger partial charge >= 0.3 is 0 Å². The summed E-state index contributed by atoms with van der Waals surface area (Å²) in [6.07, 6.45) is 26.9. The molecule has 1 heteroatoms. The van der Waals surface area contributed by atoms with Gasteiger partial charge < -0.3 is 0 Å². The molecule has 0 N–H and O–H groups in total. The molecular formula is C51H41N. The molecule has 0 unspecified atom stereocenters. The van der Waals surface area contributed by atoms with Crippen LogP contribution >= 0.6 is 0 Å². The summed E-state index contributed by atoms with van der Waals surface area (Å²) in [5.41, 5.74) is 16.2. The van der Waals surface area contributed by atoms with Gasteiger partial charge in [0.05, 0.1) is 5.69 Å². The molecule has 6 aromatic rings. The van der Waals surface area contributed by atoms with Crippen LogP contribution in [0.5, 0.6) is 0 Å². The van der Waals surface area contributed by atoms with Crippen LogP contribution in [0.15, 0.2) is 151 Å². The lowest BCUT2D eigenvalue weighted by molar-refractivity contribution is 0.952. The van der Waals surface area contributed by atoms with Crippen molar-refractivity contribution in [2.75, 3.05) is 0 Å².